The predicted molar refractivity (Wildman–Crippen MR) is 144 cm³/mol. The highest BCUT2D eigenvalue weighted by atomic mass is 19.4. The fourth-order valence-electron chi connectivity index (χ4n) is 4.90. The SMILES string of the molecule is CNC(=O)c1c(F)cc(-c2cc(NC(=O)c3c[nH]c(=O)cc3C(F)(F)F)c(N3CC(C)N(C)C(C)C3)cc2F)cc1F. The van der Waals surface area contributed by atoms with Gasteiger partial charge in [0.2, 0.25) is 5.56 Å². The summed E-state index contributed by atoms with van der Waals surface area (Å²) in [5.41, 5.74) is -5.07. The minimum atomic E-state index is -5.04. The summed E-state index contributed by atoms with van der Waals surface area (Å²) in [6, 6.07) is 3.74. The van der Waals surface area contributed by atoms with Crippen LogP contribution < -0.4 is 21.1 Å². The van der Waals surface area contributed by atoms with Crippen molar-refractivity contribution in [2.75, 3.05) is 37.4 Å². The van der Waals surface area contributed by atoms with Crippen LogP contribution in [0.4, 0.5) is 37.7 Å². The lowest BCUT2D eigenvalue weighted by Gasteiger charge is -2.44. The molecule has 0 spiro atoms. The summed E-state index contributed by atoms with van der Waals surface area (Å²) in [6.45, 7) is 4.56. The molecule has 0 radical (unpaired) electrons. The Labute approximate surface area is 236 Å². The average Bonchev–Trinajstić information content (AvgIpc) is 2.90. The molecule has 224 valence electrons. The maximum atomic E-state index is 15.6. The van der Waals surface area contributed by atoms with Crippen molar-refractivity contribution in [3.05, 3.63) is 81.0 Å². The topological polar surface area (TPSA) is 97.5 Å². The Morgan fingerprint density at radius 1 is 0.929 bits per heavy atom. The van der Waals surface area contributed by atoms with Gasteiger partial charge in [-0.15, -0.1) is 0 Å². The molecule has 2 atom stereocenters. The number of nitrogens with one attached hydrogen (secondary N) is 3. The number of H-pyrrole nitrogens is 1. The summed E-state index contributed by atoms with van der Waals surface area (Å²) in [5, 5.41) is 4.47. The highest BCUT2D eigenvalue weighted by Crippen LogP contribution is 2.38. The van der Waals surface area contributed by atoms with Gasteiger partial charge in [-0.25, -0.2) is 13.2 Å². The van der Waals surface area contributed by atoms with Crippen LogP contribution in [-0.4, -0.2) is 61.0 Å². The zero-order valence-corrected chi connectivity index (χ0v) is 22.9. The second-order valence-corrected chi connectivity index (χ2v) is 10.1. The Morgan fingerprint density at radius 2 is 1.52 bits per heavy atom. The number of carbonyl (C=O) groups is 2. The minimum absolute atomic E-state index is 0.0310. The van der Waals surface area contributed by atoms with E-state index in [0.29, 0.717) is 19.3 Å². The van der Waals surface area contributed by atoms with E-state index < -0.39 is 57.7 Å². The molecule has 1 aliphatic heterocycles. The zero-order chi connectivity index (χ0) is 31.1. The molecular weight excluding hydrogens is 568 g/mol. The number of halogens is 6. The Morgan fingerprint density at radius 3 is 2.07 bits per heavy atom. The van der Waals surface area contributed by atoms with E-state index in [9.17, 15) is 36.3 Å². The van der Waals surface area contributed by atoms with Crippen molar-refractivity contribution in [1.29, 1.82) is 0 Å². The molecule has 14 heteroatoms. The first kappa shape index (κ1) is 30.6. The van der Waals surface area contributed by atoms with E-state index >= 15 is 4.39 Å². The van der Waals surface area contributed by atoms with Crippen molar-refractivity contribution in [3.63, 3.8) is 0 Å². The molecule has 3 N–H and O–H groups in total. The van der Waals surface area contributed by atoms with Gasteiger partial charge in [0.05, 0.1) is 22.5 Å². The van der Waals surface area contributed by atoms with Crippen LogP contribution in [0.5, 0.6) is 0 Å². The molecule has 3 aromatic rings. The molecule has 8 nitrogen and oxygen atoms in total. The van der Waals surface area contributed by atoms with E-state index in [2.05, 4.69) is 15.5 Å². The van der Waals surface area contributed by atoms with E-state index in [1.807, 2.05) is 25.9 Å². The fraction of sp³-hybridized carbons (Fsp3) is 0.321. The van der Waals surface area contributed by atoms with Crippen LogP contribution in [0.3, 0.4) is 0 Å². The number of alkyl halides is 3. The first-order chi connectivity index (χ1) is 19.6. The van der Waals surface area contributed by atoms with Crippen LogP contribution in [0.2, 0.25) is 0 Å². The largest absolute Gasteiger partial charge is 0.417 e. The van der Waals surface area contributed by atoms with Gasteiger partial charge in [0.25, 0.3) is 11.8 Å². The number of pyridine rings is 1. The first-order valence-electron chi connectivity index (χ1n) is 12.8. The van der Waals surface area contributed by atoms with Crippen molar-refractivity contribution in [1.82, 2.24) is 15.2 Å². The Kier molecular flexibility index (Phi) is 8.39. The third kappa shape index (κ3) is 5.98. The number of rotatable bonds is 5. The monoisotopic (exact) mass is 595 g/mol. The van der Waals surface area contributed by atoms with Crippen molar-refractivity contribution in [2.24, 2.45) is 0 Å². The highest BCUT2D eigenvalue weighted by Gasteiger charge is 2.36. The molecule has 2 amide bonds. The zero-order valence-electron chi connectivity index (χ0n) is 22.9. The fourth-order valence-corrected chi connectivity index (χ4v) is 4.90. The number of anilines is 2. The lowest BCUT2D eigenvalue weighted by atomic mass is 9.99. The molecule has 0 aliphatic carbocycles. The van der Waals surface area contributed by atoms with Crippen LogP contribution in [0.1, 0.15) is 40.1 Å². The van der Waals surface area contributed by atoms with Gasteiger partial charge in [0.1, 0.15) is 23.0 Å². The summed E-state index contributed by atoms with van der Waals surface area (Å²) < 4.78 is 86.0. The van der Waals surface area contributed by atoms with E-state index in [0.717, 1.165) is 24.3 Å². The number of hydrogen-bond donors (Lipinski definition) is 3. The number of carbonyl (C=O) groups excluding carboxylic acids is 2. The minimum Gasteiger partial charge on any atom is -0.367 e. The Hall–Kier alpha value is -4.33. The molecule has 4 rings (SSSR count). The van der Waals surface area contributed by atoms with Gasteiger partial charge in [0, 0.05) is 50.0 Å². The third-order valence-corrected chi connectivity index (χ3v) is 7.32. The molecule has 1 aliphatic rings. The number of hydrogen-bond acceptors (Lipinski definition) is 5. The van der Waals surface area contributed by atoms with Crippen LogP contribution in [0, 0.1) is 17.5 Å². The molecule has 2 heterocycles. The average molecular weight is 596 g/mol. The van der Waals surface area contributed by atoms with Crippen LogP contribution in [-0.2, 0) is 6.18 Å². The number of amides is 2. The molecule has 2 aromatic carbocycles. The number of nitrogens with zero attached hydrogens (tertiary/aromatic N) is 2. The van der Waals surface area contributed by atoms with E-state index in [-0.39, 0.29) is 40.7 Å². The maximum absolute atomic E-state index is 15.6. The predicted octanol–water partition coefficient (Wildman–Crippen LogP) is 4.62. The first-order valence-corrected chi connectivity index (χ1v) is 12.8. The van der Waals surface area contributed by atoms with Gasteiger partial charge in [-0.2, -0.15) is 13.2 Å². The number of aromatic nitrogens is 1. The molecular formula is C28H27F6N5O3. The summed E-state index contributed by atoms with van der Waals surface area (Å²) >= 11 is 0. The van der Waals surface area contributed by atoms with E-state index in [4.69, 9.17) is 0 Å². The number of likely N-dealkylation sites (N-methyl/N-ethyl adjacent to an activating group) is 1. The third-order valence-electron chi connectivity index (χ3n) is 7.32. The molecule has 42 heavy (non-hydrogen) atoms. The quantitative estimate of drug-likeness (QED) is 0.374. The smallest absolute Gasteiger partial charge is 0.367 e. The molecule has 1 fully saturated rings. The summed E-state index contributed by atoms with van der Waals surface area (Å²) in [6.07, 6.45) is -4.42. The summed E-state index contributed by atoms with van der Waals surface area (Å²) in [4.78, 5) is 42.5. The Bertz CT molecular complexity index is 1570. The molecule has 1 aromatic heterocycles. The lowest BCUT2D eigenvalue weighted by molar-refractivity contribution is -0.138. The van der Waals surface area contributed by atoms with Gasteiger partial charge in [-0.05, 0) is 50.7 Å². The lowest BCUT2D eigenvalue weighted by Crippen LogP contribution is -2.55. The normalized spacial score (nSPS) is 17.7. The Balaban J connectivity index is 1.86. The number of benzene rings is 2. The van der Waals surface area contributed by atoms with Crippen LogP contribution >= 0.6 is 0 Å². The summed E-state index contributed by atoms with van der Waals surface area (Å²) in [5.74, 6) is -5.79. The maximum Gasteiger partial charge on any atom is 0.417 e. The van der Waals surface area contributed by atoms with E-state index in [1.54, 1.807) is 4.90 Å². The second kappa shape index (κ2) is 11.5. The van der Waals surface area contributed by atoms with Gasteiger partial charge in [-0.3, -0.25) is 19.3 Å². The van der Waals surface area contributed by atoms with E-state index in [1.165, 1.54) is 7.05 Å². The number of aromatic amines is 1. The van der Waals surface area contributed by atoms with Crippen molar-refractivity contribution >= 4 is 23.2 Å². The second-order valence-electron chi connectivity index (χ2n) is 10.1. The van der Waals surface area contributed by atoms with Gasteiger partial charge in [-0.1, -0.05) is 0 Å². The highest BCUT2D eigenvalue weighted by molar-refractivity contribution is 6.07. The van der Waals surface area contributed by atoms with Crippen molar-refractivity contribution < 1.29 is 35.9 Å². The van der Waals surface area contributed by atoms with Crippen LogP contribution in [0.15, 0.2) is 41.3 Å². The summed E-state index contributed by atoms with van der Waals surface area (Å²) in [7, 11) is 3.08. The molecule has 0 bridgehead atoms. The van der Waals surface area contributed by atoms with Gasteiger partial charge < -0.3 is 20.5 Å². The standard InChI is InChI=1S/C28H27F6N5O3/c1-13-11-39(12-14(2)38(13)4)23-9-19(29)16(15-5-20(30)25(21(31)6-15)27(42)35-3)7-22(23)37-26(41)17-10-36-24(40)8-18(17)28(32,33)34/h5-10,13-14H,11-12H2,1-4H3,(H,35,42)(H,36,40)(H,37,41). The van der Waals surface area contributed by atoms with Gasteiger partial charge in [0.15, 0.2) is 0 Å². The molecule has 1 saturated heterocycles. The van der Waals surface area contributed by atoms with Gasteiger partial charge >= 0.3 is 6.18 Å². The van der Waals surface area contributed by atoms with Crippen molar-refractivity contribution in [3.8, 4) is 11.1 Å². The van der Waals surface area contributed by atoms with Crippen molar-refractivity contribution in [2.45, 2.75) is 32.1 Å². The number of piperazine rings is 1. The molecule has 2 unspecified atom stereocenters. The molecule has 0 saturated carbocycles. The van der Waals surface area contributed by atoms with Crippen LogP contribution in [0.25, 0.3) is 11.1 Å².